The van der Waals surface area contributed by atoms with E-state index in [0.717, 1.165) is 24.8 Å². The van der Waals surface area contributed by atoms with Gasteiger partial charge in [0.15, 0.2) is 0 Å². The van der Waals surface area contributed by atoms with Crippen LogP contribution in [-0.4, -0.2) is 19.6 Å². The van der Waals surface area contributed by atoms with Crippen LogP contribution >= 0.6 is 0 Å². The predicted octanol–water partition coefficient (Wildman–Crippen LogP) is 2.60. The van der Waals surface area contributed by atoms with E-state index in [4.69, 9.17) is 0 Å². The molecule has 5 heteroatoms. The molecule has 4 nitrogen and oxygen atoms in total. The van der Waals surface area contributed by atoms with Gasteiger partial charge in [-0.1, -0.05) is 31.9 Å². The largest absolute Gasteiger partial charge is 0.389 e. The number of aliphatic hydroxyl groups is 1. The molecular formula is C15H23NO3S. The fraction of sp³-hybridized carbons (Fsp3) is 0.600. The summed E-state index contributed by atoms with van der Waals surface area (Å²) in [4.78, 5) is 0.264. The van der Waals surface area contributed by atoms with E-state index in [-0.39, 0.29) is 10.9 Å². The van der Waals surface area contributed by atoms with Crippen molar-refractivity contribution in [3.05, 3.63) is 29.8 Å². The normalized spacial score (nSPS) is 25.4. The second-order valence-electron chi connectivity index (χ2n) is 5.83. The van der Waals surface area contributed by atoms with Crippen LogP contribution in [0.15, 0.2) is 29.2 Å². The van der Waals surface area contributed by atoms with Gasteiger partial charge in [-0.05, 0) is 43.4 Å². The van der Waals surface area contributed by atoms with E-state index in [9.17, 15) is 13.5 Å². The topological polar surface area (TPSA) is 66.4 Å². The molecule has 1 aromatic carbocycles. The summed E-state index contributed by atoms with van der Waals surface area (Å²) in [5.41, 5.74) is 0.718. The smallest absolute Gasteiger partial charge is 0.240 e. The van der Waals surface area contributed by atoms with Gasteiger partial charge in [-0.3, -0.25) is 0 Å². The molecule has 1 aliphatic rings. The fourth-order valence-corrected chi connectivity index (χ4v) is 4.04. The lowest BCUT2D eigenvalue weighted by molar-refractivity contribution is 0.199. The number of nitrogens with one attached hydrogen (secondary N) is 1. The first-order valence-electron chi connectivity index (χ1n) is 7.19. The van der Waals surface area contributed by atoms with Gasteiger partial charge < -0.3 is 5.11 Å². The van der Waals surface area contributed by atoms with Gasteiger partial charge in [0.05, 0.1) is 11.0 Å². The van der Waals surface area contributed by atoms with Crippen molar-refractivity contribution in [2.75, 3.05) is 0 Å². The van der Waals surface area contributed by atoms with Crippen molar-refractivity contribution >= 4 is 10.0 Å². The molecule has 0 amide bonds. The van der Waals surface area contributed by atoms with Gasteiger partial charge in [0.1, 0.15) is 0 Å². The Kier molecular flexibility index (Phi) is 4.83. The molecule has 1 saturated carbocycles. The quantitative estimate of drug-likeness (QED) is 0.897. The third-order valence-corrected chi connectivity index (χ3v) is 5.47. The van der Waals surface area contributed by atoms with Crippen molar-refractivity contribution in [1.82, 2.24) is 4.72 Å². The molecule has 20 heavy (non-hydrogen) atoms. The third-order valence-electron chi connectivity index (χ3n) is 3.93. The van der Waals surface area contributed by atoms with Crippen LogP contribution in [0.25, 0.3) is 0 Å². The highest BCUT2D eigenvalue weighted by Gasteiger charge is 2.24. The first-order chi connectivity index (χ1) is 9.38. The molecule has 2 N–H and O–H groups in total. The number of sulfonamides is 1. The van der Waals surface area contributed by atoms with Crippen molar-refractivity contribution in [1.29, 1.82) is 0 Å². The fourth-order valence-electron chi connectivity index (χ4n) is 2.75. The van der Waals surface area contributed by atoms with Crippen LogP contribution in [0.4, 0.5) is 0 Å². The number of hydrogen-bond donors (Lipinski definition) is 2. The molecule has 0 heterocycles. The summed E-state index contributed by atoms with van der Waals surface area (Å²) in [6, 6.07) is 6.46. The summed E-state index contributed by atoms with van der Waals surface area (Å²) < 4.78 is 27.4. The number of hydrogen-bond acceptors (Lipinski definition) is 3. The Balaban J connectivity index is 2.09. The molecule has 0 radical (unpaired) electrons. The lowest BCUT2D eigenvalue weighted by atomic mass is 9.88. The monoisotopic (exact) mass is 297 g/mol. The zero-order valence-electron chi connectivity index (χ0n) is 12.0. The van der Waals surface area contributed by atoms with Crippen molar-refractivity contribution in [2.24, 2.45) is 5.92 Å². The Bertz CT molecular complexity index is 537. The molecule has 0 aromatic heterocycles. The van der Waals surface area contributed by atoms with Crippen LogP contribution in [0, 0.1) is 5.92 Å². The molecule has 3 unspecified atom stereocenters. The van der Waals surface area contributed by atoms with Crippen LogP contribution < -0.4 is 4.72 Å². The van der Waals surface area contributed by atoms with Gasteiger partial charge in [-0.2, -0.15) is 0 Å². The second-order valence-corrected chi connectivity index (χ2v) is 7.55. The van der Waals surface area contributed by atoms with Crippen LogP contribution in [0.3, 0.4) is 0 Å². The molecule has 1 aliphatic carbocycles. The van der Waals surface area contributed by atoms with Crippen molar-refractivity contribution in [2.45, 2.75) is 56.6 Å². The van der Waals surface area contributed by atoms with Gasteiger partial charge in [0.2, 0.25) is 10.0 Å². The highest BCUT2D eigenvalue weighted by atomic mass is 32.2. The van der Waals surface area contributed by atoms with Crippen LogP contribution in [0.5, 0.6) is 0 Å². The minimum Gasteiger partial charge on any atom is -0.389 e. The SMILES string of the molecule is CC1CCCC(NS(=O)(=O)c2ccc(C(C)O)cc2)C1. The van der Waals surface area contributed by atoms with Crippen molar-refractivity contribution < 1.29 is 13.5 Å². The number of rotatable bonds is 4. The number of benzene rings is 1. The molecular weight excluding hydrogens is 274 g/mol. The van der Waals surface area contributed by atoms with E-state index < -0.39 is 16.1 Å². The predicted molar refractivity (Wildman–Crippen MR) is 78.8 cm³/mol. The van der Waals surface area contributed by atoms with Crippen LogP contribution in [0.2, 0.25) is 0 Å². The second kappa shape index (κ2) is 6.24. The zero-order valence-corrected chi connectivity index (χ0v) is 12.9. The Morgan fingerprint density at radius 2 is 1.90 bits per heavy atom. The Labute approximate surface area is 121 Å². The average Bonchev–Trinajstić information content (AvgIpc) is 2.38. The minimum atomic E-state index is -3.46. The summed E-state index contributed by atoms with van der Waals surface area (Å²) in [7, 11) is -3.46. The van der Waals surface area contributed by atoms with Crippen LogP contribution in [-0.2, 0) is 10.0 Å². The summed E-state index contributed by atoms with van der Waals surface area (Å²) in [5, 5.41) is 9.44. The van der Waals surface area contributed by atoms with E-state index in [2.05, 4.69) is 11.6 Å². The first-order valence-corrected chi connectivity index (χ1v) is 8.67. The summed E-state index contributed by atoms with van der Waals surface area (Å²) in [6.45, 7) is 3.82. The highest BCUT2D eigenvalue weighted by molar-refractivity contribution is 7.89. The maximum Gasteiger partial charge on any atom is 0.240 e. The lowest BCUT2D eigenvalue weighted by Crippen LogP contribution is -2.37. The Hall–Kier alpha value is -0.910. The molecule has 0 saturated heterocycles. The van der Waals surface area contributed by atoms with Crippen LogP contribution in [0.1, 0.15) is 51.2 Å². The third kappa shape index (κ3) is 3.81. The van der Waals surface area contributed by atoms with Gasteiger partial charge in [-0.25, -0.2) is 13.1 Å². The van der Waals surface area contributed by atoms with Gasteiger partial charge in [0, 0.05) is 6.04 Å². The van der Waals surface area contributed by atoms with E-state index >= 15 is 0 Å². The Morgan fingerprint density at radius 3 is 2.45 bits per heavy atom. The van der Waals surface area contributed by atoms with E-state index in [1.807, 2.05) is 0 Å². The Morgan fingerprint density at radius 1 is 1.25 bits per heavy atom. The maximum atomic E-state index is 12.3. The molecule has 0 aliphatic heterocycles. The van der Waals surface area contributed by atoms with E-state index in [0.29, 0.717) is 5.92 Å². The number of aliphatic hydroxyl groups excluding tert-OH is 1. The average molecular weight is 297 g/mol. The summed E-state index contributed by atoms with van der Waals surface area (Å²) in [6.07, 6.45) is 3.50. The van der Waals surface area contributed by atoms with E-state index in [1.54, 1.807) is 31.2 Å². The molecule has 0 bridgehead atoms. The molecule has 112 valence electrons. The minimum absolute atomic E-state index is 0.0418. The summed E-state index contributed by atoms with van der Waals surface area (Å²) in [5.74, 6) is 0.578. The lowest BCUT2D eigenvalue weighted by Gasteiger charge is -2.27. The molecule has 0 spiro atoms. The zero-order chi connectivity index (χ0) is 14.8. The highest BCUT2D eigenvalue weighted by Crippen LogP contribution is 2.25. The first kappa shape index (κ1) is 15.5. The standard InChI is InChI=1S/C15H23NO3S/c1-11-4-3-5-14(10-11)16-20(18,19)15-8-6-13(7-9-15)12(2)17/h6-9,11-12,14,16-17H,3-5,10H2,1-2H3. The van der Waals surface area contributed by atoms with Gasteiger partial charge in [0.25, 0.3) is 0 Å². The molecule has 3 atom stereocenters. The summed E-state index contributed by atoms with van der Waals surface area (Å²) >= 11 is 0. The van der Waals surface area contributed by atoms with Gasteiger partial charge >= 0.3 is 0 Å². The molecule has 2 rings (SSSR count). The van der Waals surface area contributed by atoms with Gasteiger partial charge in [-0.15, -0.1) is 0 Å². The van der Waals surface area contributed by atoms with Crippen molar-refractivity contribution in [3.8, 4) is 0 Å². The van der Waals surface area contributed by atoms with Crippen molar-refractivity contribution in [3.63, 3.8) is 0 Å². The van der Waals surface area contributed by atoms with E-state index in [1.165, 1.54) is 6.42 Å². The molecule has 1 aromatic rings. The maximum absolute atomic E-state index is 12.3. The molecule has 1 fully saturated rings.